The molecular weight excluding hydrogens is 488 g/mol. The molecule has 4 heterocycles. The number of furan rings is 1. The molecule has 4 aromatic rings. The van der Waals surface area contributed by atoms with Gasteiger partial charge in [0.2, 0.25) is 5.91 Å². The number of imide groups is 1. The summed E-state index contributed by atoms with van der Waals surface area (Å²) in [7, 11) is 3.43. The van der Waals surface area contributed by atoms with Crippen molar-refractivity contribution in [2.45, 2.75) is 33.4 Å². The van der Waals surface area contributed by atoms with Gasteiger partial charge in [0.1, 0.15) is 17.1 Å². The molecule has 38 heavy (non-hydrogen) atoms. The summed E-state index contributed by atoms with van der Waals surface area (Å²) in [5.74, 6) is 0.488. The highest BCUT2D eigenvalue weighted by atomic mass is 16.5. The van der Waals surface area contributed by atoms with Crippen LogP contribution in [0.4, 0.5) is 4.79 Å². The topological polar surface area (TPSA) is 132 Å². The maximum absolute atomic E-state index is 12.6. The van der Waals surface area contributed by atoms with Crippen molar-refractivity contribution in [3.63, 3.8) is 0 Å². The third kappa shape index (κ3) is 4.82. The van der Waals surface area contributed by atoms with Crippen LogP contribution >= 0.6 is 0 Å². The van der Waals surface area contributed by atoms with Crippen LogP contribution in [0, 0.1) is 13.8 Å². The summed E-state index contributed by atoms with van der Waals surface area (Å²) in [5.41, 5.74) is 5.70. The van der Waals surface area contributed by atoms with E-state index in [2.05, 4.69) is 20.7 Å². The molecule has 0 atom stereocenters. The average molecular weight is 517 g/mol. The largest absolute Gasteiger partial charge is 0.497 e. The molecule has 0 spiro atoms. The number of amides is 4. The lowest BCUT2D eigenvalue weighted by Crippen LogP contribution is -2.40. The van der Waals surface area contributed by atoms with E-state index in [0.717, 1.165) is 33.6 Å². The van der Waals surface area contributed by atoms with E-state index < -0.39 is 11.9 Å². The summed E-state index contributed by atoms with van der Waals surface area (Å²) in [6, 6.07) is 8.34. The van der Waals surface area contributed by atoms with Crippen LogP contribution in [0.15, 0.2) is 40.9 Å². The molecule has 0 unspecified atom stereocenters. The SMILES string of the molecule is COc1ccc2c(c1)C(=O)N(CCC(=O)NC(=O)NCc1cc3cnc(-c4c(C)nn(C)c4C)cc3o1)C2. The van der Waals surface area contributed by atoms with Gasteiger partial charge >= 0.3 is 6.03 Å². The summed E-state index contributed by atoms with van der Waals surface area (Å²) in [6.07, 6.45) is 1.72. The Morgan fingerprint density at radius 2 is 2.00 bits per heavy atom. The lowest BCUT2D eigenvalue weighted by Gasteiger charge is -2.15. The zero-order valence-electron chi connectivity index (χ0n) is 21.6. The Morgan fingerprint density at radius 1 is 1.18 bits per heavy atom. The summed E-state index contributed by atoms with van der Waals surface area (Å²) in [6.45, 7) is 4.63. The molecule has 1 aromatic carbocycles. The van der Waals surface area contributed by atoms with Crippen LogP contribution in [0.5, 0.6) is 5.75 Å². The zero-order chi connectivity index (χ0) is 27.0. The van der Waals surface area contributed by atoms with E-state index in [1.807, 2.05) is 37.7 Å². The third-order valence-electron chi connectivity index (χ3n) is 6.70. The minimum absolute atomic E-state index is 0.00343. The molecule has 196 valence electrons. The number of aromatic nitrogens is 3. The molecule has 3 aromatic heterocycles. The van der Waals surface area contributed by atoms with Gasteiger partial charge in [0.15, 0.2) is 0 Å². The smallest absolute Gasteiger partial charge is 0.321 e. The molecule has 11 nitrogen and oxygen atoms in total. The molecule has 0 aliphatic carbocycles. The van der Waals surface area contributed by atoms with E-state index in [1.165, 1.54) is 0 Å². The molecule has 0 bridgehead atoms. The maximum atomic E-state index is 12.6. The number of urea groups is 1. The van der Waals surface area contributed by atoms with Gasteiger partial charge in [0.25, 0.3) is 5.91 Å². The van der Waals surface area contributed by atoms with E-state index in [4.69, 9.17) is 9.15 Å². The van der Waals surface area contributed by atoms with Gasteiger partial charge in [-0.05, 0) is 37.6 Å². The number of aryl methyl sites for hydroxylation is 2. The number of rotatable bonds is 7. The van der Waals surface area contributed by atoms with Crippen LogP contribution in [0.1, 0.15) is 39.5 Å². The summed E-state index contributed by atoms with van der Waals surface area (Å²) >= 11 is 0. The number of hydrogen-bond acceptors (Lipinski definition) is 7. The van der Waals surface area contributed by atoms with Gasteiger partial charge in [-0.3, -0.25) is 24.6 Å². The third-order valence-corrected chi connectivity index (χ3v) is 6.70. The predicted octanol–water partition coefficient (Wildman–Crippen LogP) is 3.23. The average Bonchev–Trinajstić information content (AvgIpc) is 3.53. The van der Waals surface area contributed by atoms with Crippen molar-refractivity contribution in [3.05, 3.63) is 64.8 Å². The van der Waals surface area contributed by atoms with E-state index >= 15 is 0 Å². The standard InChI is InChI=1S/C27H28N6O5/c1-15-25(16(2)32(3)31-15)22-11-23-18(12-28-22)9-20(38-23)13-29-27(36)30-24(34)7-8-33-14-17-5-6-19(37-4)10-21(17)26(33)35/h5-6,9-12H,7-8,13-14H2,1-4H3,(H2,29,30,34,36). The number of nitrogens with zero attached hydrogens (tertiary/aromatic N) is 4. The van der Waals surface area contributed by atoms with Crippen LogP contribution in [0.3, 0.4) is 0 Å². The van der Waals surface area contributed by atoms with E-state index in [1.54, 1.807) is 36.4 Å². The fourth-order valence-electron chi connectivity index (χ4n) is 4.64. The zero-order valence-corrected chi connectivity index (χ0v) is 21.6. The number of fused-ring (bicyclic) bond motifs is 2. The molecule has 5 rings (SSSR count). The lowest BCUT2D eigenvalue weighted by atomic mass is 10.1. The summed E-state index contributed by atoms with van der Waals surface area (Å²) < 4.78 is 12.9. The van der Waals surface area contributed by atoms with E-state index in [0.29, 0.717) is 29.2 Å². The maximum Gasteiger partial charge on any atom is 0.321 e. The lowest BCUT2D eigenvalue weighted by molar-refractivity contribution is -0.120. The highest BCUT2D eigenvalue weighted by molar-refractivity contribution is 5.99. The van der Waals surface area contributed by atoms with Crippen molar-refractivity contribution in [2.75, 3.05) is 13.7 Å². The van der Waals surface area contributed by atoms with Crippen molar-refractivity contribution >= 4 is 28.8 Å². The second-order valence-electron chi connectivity index (χ2n) is 9.22. The molecule has 0 radical (unpaired) electrons. The number of benzene rings is 1. The Bertz CT molecular complexity index is 1570. The fourth-order valence-corrected chi connectivity index (χ4v) is 4.64. The number of methoxy groups -OCH3 is 1. The quantitative estimate of drug-likeness (QED) is 0.385. The Balaban J connectivity index is 1.13. The first-order valence-corrected chi connectivity index (χ1v) is 12.2. The summed E-state index contributed by atoms with van der Waals surface area (Å²) in [5, 5.41) is 10.2. The van der Waals surface area contributed by atoms with Gasteiger partial charge in [-0.1, -0.05) is 6.07 Å². The number of carbonyl (C=O) groups is 3. The second-order valence-corrected chi connectivity index (χ2v) is 9.22. The van der Waals surface area contributed by atoms with Crippen molar-refractivity contribution < 1.29 is 23.5 Å². The Hall–Kier alpha value is -4.67. The number of nitrogens with one attached hydrogen (secondary N) is 2. The Kier molecular flexibility index (Phi) is 6.58. The molecule has 4 amide bonds. The number of hydrogen-bond donors (Lipinski definition) is 2. The van der Waals surface area contributed by atoms with Gasteiger partial charge in [0, 0.05) is 61.0 Å². The van der Waals surface area contributed by atoms with Gasteiger partial charge in [-0.25, -0.2) is 4.79 Å². The molecular formula is C27H28N6O5. The minimum atomic E-state index is -0.642. The van der Waals surface area contributed by atoms with Crippen LogP contribution < -0.4 is 15.4 Å². The number of carbonyl (C=O) groups excluding carboxylic acids is 3. The van der Waals surface area contributed by atoms with Crippen LogP contribution in [0.2, 0.25) is 0 Å². The first kappa shape index (κ1) is 25.0. The van der Waals surface area contributed by atoms with Crippen molar-refractivity contribution in [1.82, 2.24) is 30.3 Å². The highest BCUT2D eigenvalue weighted by Gasteiger charge is 2.28. The first-order valence-electron chi connectivity index (χ1n) is 12.2. The molecule has 0 saturated carbocycles. The van der Waals surface area contributed by atoms with Crippen molar-refractivity contribution in [1.29, 1.82) is 0 Å². The molecule has 0 fully saturated rings. The van der Waals surface area contributed by atoms with Crippen LogP contribution in [0.25, 0.3) is 22.2 Å². The van der Waals surface area contributed by atoms with Crippen LogP contribution in [-0.4, -0.2) is 51.2 Å². The Labute approximate surface area is 218 Å². The van der Waals surface area contributed by atoms with Crippen molar-refractivity contribution in [3.8, 4) is 17.0 Å². The van der Waals surface area contributed by atoms with Gasteiger partial charge in [0.05, 0.1) is 25.0 Å². The predicted molar refractivity (Wildman–Crippen MR) is 138 cm³/mol. The van der Waals surface area contributed by atoms with Gasteiger partial charge < -0.3 is 19.4 Å². The van der Waals surface area contributed by atoms with E-state index in [9.17, 15) is 14.4 Å². The first-order chi connectivity index (χ1) is 18.2. The molecule has 2 N–H and O–H groups in total. The van der Waals surface area contributed by atoms with Crippen molar-refractivity contribution in [2.24, 2.45) is 7.05 Å². The van der Waals surface area contributed by atoms with Crippen LogP contribution in [-0.2, 0) is 24.9 Å². The Morgan fingerprint density at radius 3 is 2.74 bits per heavy atom. The fraction of sp³-hybridized carbons (Fsp3) is 0.296. The monoisotopic (exact) mass is 516 g/mol. The second kappa shape index (κ2) is 10.0. The van der Waals surface area contributed by atoms with Gasteiger partial charge in [-0.15, -0.1) is 0 Å². The number of ether oxygens (including phenoxy) is 1. The van der Waals surface area contributed by atoms with Gasteiger partial charge in [-0.2, -0.15) is 5.10 Å². The molecule has 1 aliphatic rings. The number of pyridine rings is 1. The molecule has 1 aliphatic heterocycles. The van der Waals surface area contributed by atoms with E-state index in [-0.39, 0.29) is 25.4 Å². The molecule has 0 saturated heterocycles. The molecule has 11 heteroatoms. The summed E-state index contributed by atoms with van der Waals surface area (Å²) in [4.78, 5) is 43.3. The highest BCUT2D eigenvalue weighted by Crippen LogP contribution is 2.29. The minimum Gasteiger partial charge on any atom is -0.497 e. The normalized spacial score (nSPS) is 12.6.